The van der Waals surface area contributed by atoms with Gasteiger partial charge < -0.3 is 4.42 Å². The molecule has 0 saturated carbocycles. The summed E-state index contributed by atoms with van der Waals surface area (Å²) in [4.78, 5) is 10.00. The molecule has 0 bridgehead atoms. The number of hydrogen-bond acceptors (Lipinski definition) is 3. The Morgan fingerprint density at radius 2 is 2.13 bits per heavy atom. The molecule has 5 heteroatoms. The summed E-state index contributed by atoms with van der Waals surface area (Å²) in [5.41, 5.74) is 0.613. The number of nitro groups is 1. The molecular weight excluding hydrogens is 218 g/mol. The quantitative estimate of drug-likeness (QED) is 0.578. The van der Waals surface area contributed by atoms with Gasteiger partial charge in [-0.15, -0.1) is 0 Å². The lowest BCUT2D eigenvalue weighted by molar-refractivity contribution is -0.384. The van der Waals surface area contributed by atoms with Gasteiger partial charge in [0.1, 0.15) is 10.8 Å². The van der Waals surface area contributed by atoms with Crippen LogP contribution in [-0.4, -0.2) is 4.92 Å². The van der Waals surface area contributed by atoms with E-state index < -0.39 is 4.92 Å². The van der Waals surface area contributed by atoms with Crippen molar-refractivity contribution >= 4 is 17.3 Å². The monoisotopic (exact) mass is 223 g/mol. The zero-order chi connectivity index (χ0) is 10.8. The fraction of sp³-hybridized carbons (Fsp3) is 0. The van der Waals surface area contributed by atoms with Gasteiger partial charge in [0.2, 0.25) is 0 Å². The van der Waals surface area contributed by atoms with E-state index in [1.807, 2.05) is 0 Å². The summed E-state index contributed by atoms with van der Waals surface area (Å²) >= 11 is 5.76. The molecule has 0 aliphatic heterocycles. The molecular formula is C10H6ClNO3. The SMILES string of the molecule is O=[N+]([O-])c1ccc(-c2ccco2)cc1Cl. The molecule has 0 spiro atoms. The van der Waals surface area contributed by atoms with Crippen molar-refractivity contribution < 1.29 is 9.34 Å². The van der Waals surface area contributed by atoms with Crippen LogP contribution in [0, 0.1) is 10.1 Å². The van der Waals surface area contributed by atoms with Crippen LogP contribution >= 0.6 is 11.6 Å². The lowest BCUT2D eigenvalue weighted by Gasteiger charge is -1.98. The van der Waals surface area contributed by atoms with Crippen molar-refractivity contribution in [1.29, 1.82) is 0 Å². The first-order valence-corrected chi connectivity index (χ1v) is 4.54. The Balaban J connectivity index is 2.47. The van der Waals surface area contributed by atoms with Crippen LogP contribution in [0.5, 0.6) is 0 Å². The molecule has 0 unspecified atom stereocenters. The highest BCUT2D eigenvalue weighted by Crippen LogP contribution is 2.30. The Kier molecular flexibility index (Phi) is 2.43. The molecule has 0 N–H and O–H groups in total. The maximum absolute atomic E-state index is 10.5. The minimum atomic E-state index is -0.520. The molecule has 2 rings (SSSR count). The number of nitro benzene ring substituents is 1. The van der Waals surface area contributed by atoms with Crippen LogP contribution in [-0.2, 0) is 0 Å². The maximum Gasteiger partial charge on any atom is 0.287 e. The largest absolute Gasteiger partial charge is 0.464 e. The van der Waals surface area contributed by atoms with E-state index in [0.717, 1.165) is 5.56 Å². The molecule has 4 nitrogen and oxygen atoms in total. The Hall–Kier alpha value is -1.81. The molecule has 2 aromatic rings. The van der Waals surface area contributed by atoms with Crippen LogP contribution in [0.15, 0.2) is 41.0 Å². The molecule has 0 fully saturated rings. The number of furan rings is 1. The van der Waals surface area contributed by atoms with Crippen molar-refractivity contribution in [2.45, 2.75) is 0 Å². The summed E-state index contributed by atoms with van der Waals surface area (Å²) in [6.45, 7) is 0. The summed E-state index contributed by atoms with van der Waals surface area (Å²) in [5.74, 6) is 0.631. The Morgan fingerprint density at radius 3 is 2.67 bits per heavy atom. The van der Waals surface area contributed by atoms with Gasteiger partial charge in [-0.2, -0.15) is 0 Å². The molecule has 0 aliphatic carbocycles. The zero-order valence-corrected chi connectivity index (χ0v) is 8.27. The average Bonchev–Trinajstić information content (AvgIpc) is 2.69. The first-order valence-electron chi connectivity index (χ1n) is 4.16. The van der Waals surface area contributed by atoms with Gasteiger partial charge >= 0.3 is 0 Å². The molecule has 0 saturated heterocycles. The molecule has 0 aliphatic rings. The lowest BCUT2D eigenvalue weighted by atomic mass is 10.1. The lowest BCUT2D eigenvalue weighted by Crippen LogP contribution is -1.88. The van der Waals surface area contributed by atoms with Crippen molar-refractivity contribution in [2.75, 3.05) is 0 Å². The van der Waals surface area contributed by atoms with Crippen molar-refractivity contribution in [3.8, 4) is 11.3 Å². The van der Waals surface area contributed by atoms with E-state index in [1.54, 1.807) is 18.2 Å². The van der Waals surface area contributed by atoms with Gasteiger partial charge in [0.25, 0.3) is 5.69 Å². The standard InChI is InChI=1S/C10H6ClNO3/c11-8-6-7(10-2-1-5-15-10)3-4-9(8)12(13)14/h1-6H. The fourth-order valence-electron chi connectivity index (χ4n) is 1.25. The second-order valence-electron chi connectivity index (χ2n) is 2.90. The van der Waals surface area contributed by atoms with E-state index >= 15 is 0 Å². The third-order valence-electron chi connectivity index (χ3n) is 1.95. The van der Waals surface area contributed by atoms with E-state index in [-0.39, 0.29) is 10.7 Å². The smallest absolute Gasteiger partial charge is 0.287 e. The molecule has 1 aromatic carbocycles. The number of hydrogen-bond donors (Lipinski definition) is 0. The normalized spacial score (nSPS) is 10.2. The van der Waals surface area contributed by atoms with Crippen LogP contribution in [0.25, 0.3) is 11.3 Å². The third-order valence-corrected chi connectivity index (χ3v) is 2.25. The number of nitrogens with zero attached hydrogens (tertiary/aromatic N) is 1. The van der Waals surface area contributed by atoms with Crippen LogP contribution in [0.1, 0.15) is 0 Å². The van der Waals surface area contributed by atoms with Crippen molar-refractivity contribution in [2.24, 2.45) is 0 Å². The highest BCUT2D eigenvalue weighted by Gasteiger charge is 2.13. The number of benzene rings is 1. The van der Waals surface area contributed by atoms with Crippen molar-refractivity contribution in [1.82, 2.24) is 0 Å². The van der Waals surface area contributed by atoms with E-state index in [1.165, 1.54) is 18.4 Å². The van der Waals surface area contributed by atoms with E-state index in [2.05, 4.69) is 0 Å². The average molecular weight is 224 g/mol. The third kappa shape index (κ3) is 1.85. The van der Waals surface area contributed by atoms with Gasteiger partial charge in [-0.1, -0.05) is 11.6 Å². The summed E-state index contributed by atoms with van der Waals surface area (Å²) in [6.07, 6.45) is 1.53. The summed E-state index contributed by atoms with van der Waals surface area (Å²) in [7, 11) is 0. The Bertz CT molecular complexity index is 493. The molecule has 0 amide bonds. The van der Waals surface area contributed by atoms with E-state index in [4.69, 9.17) is 16.0 Å². The predicted molar refractivity (Wildman–Crippen MR) is 55.8 cm³/mol. The number of halogens is 1. The second-order valence-corrected chi connectivity index (χ2v) is 3.31. The van der Waals surface area contributed by atoms with Gasteiger partial charge in [-0.05, 0) is 24.3 Å². The van der Waals surface area contributed by atoms with Crippen molar-refractivity contribution in [3.63, 3.8) is 0 Å². The predicted octanol–water partition coefficient (Wildman–Crippen LogP) is 3.51. The van der Waals surface area contributed by atoms with Crippen LogP contribution in [0.3, 0.4) is 0 Å². The summed E-state index contributed by atoms with van der Waals surface area (Å²) in [5, 5.41) is 10.6. The van der Waals surface area contributed by atoms with Gasteiger partial charge in [-0.25, -0.2) is 0 Å². The maximum atomic E-state index is 10.5. The summed E-state index contributed by atoms with van der Waals surface area (Å²) in [6, 6.07) is 7.98. The molecule has 0 radical (unpaired) electrons. The van der Waals surface area contributed by atoms with Gasteiger partial charge in [0.05, 0.1) is 11.2 Å². The molecule has 0 atom stereocenters. The zero-order valence-electron chi connectivity index (χ0n) is 7.51. The van der Waals surface area contributed by atoms with Gasteiger partial charge in [0.15, 0.2) is 0 Å². The summed E-state index contributed by atoms with van der Waals surface area (Å²) < 4.78 is 5.15. The molecule has 1 heterocycles. The fourth-order valence-corrected chi connectivity index (χ4v) is 1.50. The first kappa shape index (κ1) is 9.73. The Morgan fingerprint density at radius 1 is 1.33 bits per heavy atom. The second kappa shape index (κ2) is 3.74. The minimum absolute atomic E-state index is 0.105. The topological polar surface area (TPSA) is 56.3 Å². The van der Waals surface area contributed by atoms with E-state index in [0.29, 0.717) is 5.76 Å². The highest BCUT2D eigenvalue weighted by molar-refractivity contribution is 6.32. The Labute approximate surface area is 90.2 Å². The van der Waals surface area contributed by atoms with Crippen LogP contribution in [0.2, 0.25) is 5.02 Å². The molecule has 76 valence electrons. The number of rotatable bonds is 2. The van der Waals surface area contributed by atoms with Gasteiger partial charge in [-0.3, -0.25) is 10.1 Å². The van der Waals surface area contributed by atoms with E-state index in [9.17, 15) is 10.1 Å². The van der Waals surface area contributed by atoms with Crippen LogP contribution in [0.4, 0.5) is 5.69 Å². The van der Waals surface area contributed by atoms with Gasteiger partial charge in [0, 0.05) is 11.6 Å². The highest BCUT2D eigenvalue weighted by atomic mass is 35.5. The van der Waals surface area contributed by atoms with Crippen LogP contribution < -0.4 is 0 Å². The first-order chi connectivity index (χ1) is 7.18. The minimum Gasteiger partial charge on any atom is -0.464 e. The van der Waals surface area contributed by atoms with Crippen molar-refractivity contribution in [3.05, 3.63) is 51.7 Å². The molecule has 1 aromatic heterocycles. The molecule has 15 heavy (non-hydrogen) atoms.